The molecule has 106 valence electrons. The maximum atomic E-state index is 5.84. The topological polar surface area (TPSA) is 69.2 Å². The van der Waals surface area contributed by atoms with Gasteiger partial charge in [0.1, 0.15) is 0 Å². The Bertz CT molecular complexity index is 580. The minimum Gasteiger partial charge on any atom is -0.490 e. The third-order valence-electron chi connectivity index (χ3n) is 2.27. The number of hydrogen-bond donors (Lipinski definition) is 1. The predicted molar refractivity (Wildman–Crippen MR) is 76.7 cm³/mol. The molecule has 6 nitrogen and oxygen atoms in total. The molecule has 1 aromatic carbocycles. The summed E-state index contributed by atoms with van der Waals surface area (Å²) in [5.74, 6) is 1.52. The Balaban J connectivity index is 2.25. The van der Waals surface area contributed by atoms with Crippen LogP contribution in [-0.2, 0) is 0 Å². The van der Waals surface area contributed by atoms with Gasteiger partial charge in [0, 0.05) is 6.54 Å². The van der Waals surface area contributed by atoms with Crippen molar-refractivity contribution in [3.8, 4) is 17.5 Å². The summed E-state index contributed by atoms with van der Waals surface area (Å²) < 4.78 is 11.1. The highest BCUT2D eigenvalue weighted by Crippen LogP contribution is 2.30. The summed E-state index contributed by atoms with van der Waals surface area (Å²) in [6, 6.07) is 7.41. The number of rotatable bonds is 6. The van der Waals surface area contributed by atoms with E-state index >= 15 is 0 Å². The van der Waals surface area contributed by atoms with Crippen molar-refractivity contribution < 1.29 is 9.47 Å². The van der Waals surface area contributed by atoms with Gasteiger partial charge in [-0.2, -0.15) is 15.0 Å². The molecule has 1 heterocycles. The fourth-order valence-corrected chi connectivity index (χ4v) is 1.67. The molecule has 1 N–H and O–H groups in total. The van der Waals surface area contributed by atoms with Crippen molar-refractivity contribution in [1.29, 1.82) is 0 Å². The molecule has 1 aromatic heterocycles. The van der Waals surface area contributed by atoms with Crippen molar-refractivity contribution >= 4 is 17.5 Å². The predicted octanol–water partition coefficient (Wildman–Crippen LogP) is 3.15. The summed E-state index contributed by atoms with van der Waals surface area (Å²) in [6.45, 7) is 5.05. The zero-order valence-corrected chi connectivity index (χ0v) is 12.0. The molecule has 0 bridgehead atoms. The molecule has 7 heteroatoms. The van der Waals surface area contributed by atoms with E-state index in [1.54, 1.807) is 6.07 Å². The first-order valence-electron chi connectivity index (χ1n) is 6.28. The van der Waals surface area contributed by atoms with Gasteiger partial charge >= 0.3 is 6.01 Å². The van der Waals surface area contributed by atoms with Crippen LogP contribution in [-0.4, -0.2) is 28.1 Å². The van der Waals surface area contributed by atoms with Gasteiger partial charge in [0.05, 0.1) is 6.61 Å². The summed E-state index contributed by atoms with van der Waals surface area (Å²) in [5, 5.41) is 3.03. The summed E-state index contributed by atoms with van der Waals surface area (Å²) in [7, 11) is 0. The van der Waals surface area contributed by atoms with E-state index in [1.165, 1.54) is 0 Å². The van der Waals surface area contributed by atoms with Crippen LogP contribution in [0.4, 0.5) is 5.95 Å². The molecule has 0 radical (unpaired) electrons. The van der Waals surface area contributed by atoms with Crippen LogP contribution in [0.1, 0.15) is 13.8 Å². The quantitative estimate of drug-likeness (QED) is 0.882. The zero-order valence-electron chi connectivity index (χ0n) is 11.3. The van der Waals surface area contributed by atoms with Crippen LogP contribution in [0, 0.1) is 0 Å². The zero-order chi connectivity index (χ0) is 14.4. The first-order valence-corrected chi connectivity index (χ1v) is 6.65. The fourth-order valence-electron chi connectivity index (χ4n) is 1.52. The molecule has 20 heavy (non-hydrogen) atoms. The number of anilines is 1. The van der Waals surface area contributed by atoms with Crippen LogP contribution in [0.5, 0.6) is 17.5 Å². The van der Waals surface area contributed by atoms with Gasteiger partial charge in [0.2, 0.25) is 11.2 Å². The summed E-state index contributed by atoms with van der Waals surface area (Å²) >= 11 is 5.84. The van der Waals surface area contributed by atoms with E-state index in [-0.39, 0.29) is 11.3 Å². The van der Waals surface area contributed by atoms with E-state index < -0.39 is 0 Å². The Hall–Kier alpha value is -2.08. The van der Waals surface area contributed by atoms with Crippen molar-refractivity contribution in [2.75, 3.05) is 18.5 Å². The van der Waals surface area contributed by atoms with Crippen molar-refractivity contribution in [3.05, 3.63) is 29.5 Å². The average molecular weight is 295 g/mol. The number of aromatic nitrogens is 3. The van der Waals surface area contributed by atoms with Crippen LogP contribution in [0.3, 0.4) is 0 Å². The fraction of sp³-hybridized carbons (Fsp3) is 0.308. The standard InChI is InChI=1S/C13H15ClN4O2/c1-3-15-12-16-11(14)17-13(18-12)20-10-8-6-5-7-9(10)19-4-2/h5-8H,3-4H2,1-2H3,(H,15,16,17,18). The highest BCUT2D eigenvalue weighted by Gasteiger charge is 2.10. The number of hydrogen-bond acceptors (Lipinski definition) is 6. The third kappa shape index (κ3) is 3.71. The monoisotopic (exact) mass is 294 g/mol. The number of nitrogens with zero attached hydrogens (tertiary/aromatic N) is 3. The van der Waals surface area contributed by atoms with Gasteiger partial charge in [-0.25, -0.2) is 0 Å². The van der Waals surface area contributed by atoms with Crippen molar-refractivity contribution in [2.45, 2.75) is 13.8 Å². The molecule has 0 atom stereocenters. The molecule has 0 amide bonds. The van der Waals surface area contributed by atoms with E-state index in [9.17, 15) is 0 Å². The molecule has 0 saturated heterocycles. The molecule has 2 rings (SSSR count). The van der Waals surface area contributed by atoms with Gasteiger partial charge < -0.3 is 14.8 Å². The Morgan fingerprint density at radius 3 is 2.55 bits per heavy atom. The van der Waals surface area contributed by atoms with E-state index in [0.29, 0.717) is 30.6 Å². The lowest BCUT2D eigenvalue weighted by Gasteiger charge is -2.10. The molecular weight excluding hydrogens is 280 g/mol. The van der Waals surface area contributed by atoms with Gasteiger partial charge in [-0.3, -0.25) is 0 Å². The number of halogens is 1. The minimum atomic E-state index is 0.0693. The summed E-state index contributed by atoms with van der Waals surface area (Å²) in [5.41, 5.74) is 0. The molecule has 2 aromatic rings. The molecule has 0 aliphatic heterocycles. The lowest BCUT2D eigenvalue weighted by atomic mass is 10.3. The normalized spacial score (nSPS) is 10.2. The smallest absolute Gasteiger partial charge is 0.328 e. The Morgan fingerprint density at radius 2 is 1.85 bits per heavy atom. The molecular formula is C13H15ClN4O2. The minimum absolute atomic E-state index is 0.0693. The second kappa shape index (κ2) is 6.91. The molecule has 0 aliphatic rings. The van der Waals surface area contributed by atoms with Crippen LogP contribution >= 0.6 is 11.6 Å². The average Bonchev–Trinajstić information content (AvgIpc) is 2.41. The van der Waals surface area contributed by atoms with E-state index in [0.717, 1.165) is 0 Å². The van der Waals surface area contributed by atoms with E-state index in [1.807, 2.05) is 32.0 Å². The number of para-hydroxylation sites is 2. The van der Waals surface area contributed by atoms with Gasteiger partial charge in [0.15, 0.2) is 11.5 Å². The SMILES string of the molecule is CCNc1nc(Cl)nc(Oc2ccccc2OCC)n1. The van der Waals surface area contributed by atoms with Crippen molar-refractivity contribution in [3.63, 3.8) is 0 Å². The molecule has 0 aliphatic carbocycles. The summed E-state index contributed by atoms with van der Waals surface area (Å²) in [4.78, 5) is 12.0. The second-order valence-corrected chi connectivity index (χ2v) is 4.06. The van der Waals surface area contributed by atoms with Crippen LogP contribution < -0.4 is 14.8 Å². The van der Waals surface area contributed by atoms with E-state index in [4.69, 9.17) is 21.1 Å². The first kappa shape index (κ1) is 14.3. The molecule has 0 spiro atoms. The lowest BCUT2D eigenvalue weighted by Crippen LogP contribution is -2.05. The maximum Gasteiger partial charge on any atom is 0.328 e. The molecule has 0 saturated carbocycles. The molecule has 0 unspecified atom stereocenters. The number of benzene rings is 1. The highest BCUT2D eigenvalue weighted by molar-refractivity contribution is 6.28. The van der Waals surface area contributed by atoms with Gasteiger partial charge in [-0.05, 0) is 37.6 Å². The van der Waals surface area contributed by atoms with Gasteiger partial charge in [-0.1, -0.05) is 12.1 Å². The number of ether oxygens (including phenoxy) is 2. The van der Waals surface area contributed by atoms with Gasteiger partial charge in [0.25, 0.3) is 0 Å². The molecule has 0 fully saturated rings. The van der Waals surface area contributed by atoms with E-state index in [2.05, 4.69) is 20.3 Å². The Morgan fingerprint density at radius 1 is 1.10 bits per heavy atom. The van der Waals surface area contributed by atoms with Crippen LogP contribution in [0.25, 0.3) is 0 Å². The van der Waals surface area contributed by atoms with Crippen LogP contribution in [0.2, 0.25) is 5.28 Å². The van der Waals surface area contributed by atoms with Gasteiger partial charge in [-0.15, -0.1) is 0 Å². The Labute approximate surface area is 122 Å². The highest BCUT2D eigenvalue weighted by atomic mass is 35.5. The Kier molecular flexibility index (Phi) is 4.95. The van der Waals surface area contributed by atoms with Crippen LogP contribution in [0.15, 0.2) is 24.3 Å². The second-order valence-electron chi connectivity index (χ2n) is 3.72. The van der Waals surface area contributed by atoms with Crippen molar-refractivity contribution in [2.24, 2.45) is 0 Å². The third-order valence-corrected chi connectivity index (χ3v) is 2.44. The largest absolute Gasteiger partial charge is 0.490 e. The summed E-state index contributed by atoms with van der Waals surface area (Å²) in [6.07, 6.45) is 0. The maximum absolute atomic E-state index is 5.84. The van der Waals surface area contributed by atoms with Crippen molar-refractivity contribution in [1.82, 2.24) is 15.0 Å². The lowest BCUT2D eigenvalue weighted by molar-refractivity contribution is 0.317. The number of nitrogens with one attached hydrogen (secondary N) is 1. The first-order chi connectivity index (χ1) is 9.72.